The second-order valence-electron chi connectivity index (χ2n) is 6.38. The highest BCUT2D eigenvalue weighted by atomic mass is 19.1. The minimum Gasteiger partial charge on any atom is -0.466 e. The third-order valence-corrected chi connectivity index (χ3v) is 4.84. The molecule has 3 aromatic rings. The van der Waals surface area contributed by atoms with Crippen molar-refractivity contribution in [3.63, 3.8) is 0 Å². The van der Waals surface area contributed by atoms with Gasteiger partial charge in [0.15, 0.2) is 0 Å². The number of benzene rings is 2. The van der Waals surface area contributed by atoms with E-state index in [2.05, 4.69) is 22.8 Å². The summed E-state index contributed by atoms with van der Waals surface area (Å²) in [5.74, 6) is -0.485. The Morgan fingerprint density at radius 3 is 2.76 bits per heavy atom. The van der Waals surface area contributed by atoms with Gasteiger partial charge in [-0.25, -0.2) is 4.39 Å². The minimum absolute atomic E-state index is 0.227. The number of aromatic nitrogens is 1. The van der Waals surface area contributed by atoms with Crippen LogP contribution >= 0.6 is 0 Å². The monoisotopic (exact) mass is 337 g/mol. The molecule has 0 atom stereocenters. The fourth-order valence-electron chi connectivity index (χ4n) is 3.88. The van der Waals surface area contributed by atoms with Gasteiger partial charge in [-0.15, -0.1) is 0 Å². The zero-order chi connectivity index (χ0) is 17.4. The molecule has 4 rings (SSSR count). The molecule has 0 saturated carbocycles. The van der Waals surface area contributed by atoms with Crippen LogP contribution in [-0.4, -0.2) is 17.1 Å². The number of esters is 1. The number of nitrogens with zero attached hydrogens (tertiary/aromatic N) is 1. The SMILES string of the molecule is CCOC(=O)Cc1c(-c2ccc(F)cc2)n2c3c(cccc13)CCC2. The van der Waals surface area contributed by atoms with Crippen molar-refractivity contribution in [3.05, 3.63) is 59.4 Å². The predicted molar refractivity (Wildman–Crippen MR) is 96.0 cm³/mol. The molecular formula is C21H20FNO2. The van der Waals surface area contributed by atoms with Gasteiger partial charge in [-0.3, -0.25) is 4.79 Å². The van der Waals surface area contributed by atoms with Crippen LogP contribution in [0.4, 0.5) is 4.39 Å². The molecule has 2 heterocycles. The normalized spacial score (nSPS) is 13.2. The van der Waals surface area contributed by atoms with Gasteiger partial charge < -0.3 is 9.30 Å². The number of aryl methyl sites for hydroxylation is 2. The van der Waals surface area contributed by atoms with Crippen LogP contribution in [0.15, 0.2) is 42.5 Å². The van der Waals surface area contributed by atoms with E-state index in [4.69, 9.17) is 4.74 Å². The highest BCUT2D eigenvalue weighted by Crippen LogP contribution is 2.38. The molecule has 1 aliphatic rings. The molecule has 0 aliphatic carbocycles. The van der Waals surface area contributed by atoms with Gasteiger partial charge in [0.25, 0.3) is 0 Å². The molecule has 0 bridgehead atoms. The summed E-state index contributed by atoms with van der Waals surface area (Å²) in [5, 5.41) is 1.10. The molecule has 1 aromatic heterocycles. The summed E-state index contributed by atoms with van der Waals surface area (Å²) in [6.45, 7) is 3.09. The second-order valence-corrected chi connectivity index (χ2v) is 6.38. The highest BCUT2D eigenvalue weighted by molar-refractivity contribution is 5.97. The fourth-order valence-corrected chi connectivity index (χ4v) is 3.88. The molecule has 25 heavy (non-hydrogen) atoms. The summed E-state index contributed by atoms with van der Waals surface area (Å²) < 4.78 is 20.9. The number of carbonyl (C=O) groups excluding carboxylic acids is 1. The Bertz CT molecular complexity index is 941. The van der Waals surface area contributed by atoms with E-state index < -0.39 is 0 Å². The Morgan fingerprint density at radius 1 is 1.20 bits per heavy atom. The Morgan fingerprint density at radius 2 is 2.00 bits per heavy atom. The van der Waals surface area contributed by atoms with E-state index in [0.717, 1.165) is 41.6 Å². The summed E-state index contributed by atoms with van der Waals surface area (Å²) in [6.07, 6.45) is 2.34. The molecule has 0 spiro atoms. The first kappa shape index (κ1) is 15.9. The van der Waals surface area contributed by atoms with Crippen molar-refractivity contribution in [2.24, 2.45) is 0 Å². The summed E-state index contributed by atoms with van der Waals surface area (Å²) in [4.78, 5) is 12.2. The number of para-hydroxylation sites is 1. The lowest BCUT2D eigenvalue weighted by Gasteiger charge is -2.18. The van der Waals surface area contributed by atoms with Crippen LogP contribution in [-0.2, 0) is 28.9 Å². The van der Waals surface area contributed by atoms with E-state index in [9.17, 15) is 9.18 Å². The number of rotatable bonds is 4. The van der Waals surface area contributed by atoms with Crippen LogP contribution in [0.3, 0.4) is 0 Å². The number of hydrogen-bond donors (Lipinski definition) is 0. The average molecular weight is 337 g/mol. The van der Waals surface area contributed by atoms with Gasteiger partial charge in [0.2, 0.25) is 0 Å². The van der Waals surface area contributed by atoms with Gasteiger partial charge in [-0.2, -0.15) is 0 Å². The molecule has 1 aliphatic heterocycles. The van der Waals surface area contributed by atoms with Crippen LogP contribution in [0, 0.1) is 5.82 Å². The lowest BCUT2D eigenvalue weighted by molar-refractivity contribution is -0.142. The predicted octanol–water partition coefficient (Wildman–Crippen LogP) is 4.50. The van der Waals surface area contributed by atoms with E-state index >= 15 is 0 Å². The molecule has 0 radical (unpaired) electrons. The molecule has 2 aromatic carbocycles. The topological polar surface area (TPSA) is 31.2 Å². The third kappa shape index (κ3) is 2.72. The first-order chi connectivity index (χ1) is 12.2. The van der Waals surface area contributed by atoms with Crippen molar-refractivity contribution in [2.75, 3.05) is 6.61 Å². The van der Waals surface area contributed by atoms with Gasteiger partial charge in [-0.05, 0) is 60.7 Å². The van der Waals surface area contributed by atoms with Crippen molar-refractivity contribution >= 4 is 16.9 Å². The van der Waals surface area contributed by atoms with Gasteiger partial charge in [-0.1, -0.05) is 18.2 Å². The van der Waals surface area contributed by atoms with Crippen LogP contribution in [0.25, 0.3) is 22.2 Å². The van der Waals surface area contributed by atoms with Gasteiger partial charge >= 0.3 is 5.97 Å². The van der Waals surface area contributed by atoms with Crippen LogP contribution in [0.1, 0.15) is 24.5 Å². The van der Waals surface area contributed by atoms with Gasteiger partial charge in [0.05, 0.1) is 24.2 Å². The molecule has 0 N–H and O–H groups in total. The smallest absolute Gasteiger partial charge is 0.310 e. The Kier molecular flexibility index (Phi) is 4.04. The van der Waals surface area contributed by atoms with Crippen molar-refractivity contribution in [1.82, 2.24) is 4.57 Å². The van der Waals surface area contributed by atoms with Gasteiger partial charge in [0, 0.05) is 11.9 Å². The maximum absolute atomic E-state index is 13.4. The minimum atomic E-state index is -0.258. The first-order valence-corrected chi connectivity index (χ1v) is 8.73. The van der Waals surface area contributed by atoms with E-state index in [0.29, 0.717) is 6.61 Å². The van der Waals surface area contributed by atoms with Crippen LogP contribution in [0.5, 0.6) is 0 Å². The molecule has 3 nitrogen and oxygen atoms in total. The van der Waals surface area contributed by atoms with Crippen molar-refractivity contribution in [2.45, 2.75) is 32.7 Å². The zero-order valence-corrected chi connectivity index (χ0v) is 14.2. The van der Waals surface area contributed by atoms with E-state index in [-0.39, 0.29) is 18.2 Å². The van der Waals surface area contributed by atoms with Crippen molar-refractivity contribution in [1.29, 1.82) is 0 Å². The Labute approximate surface area is 146 Å². The van der Waals surface area contributed by atoms with Crippen molar-refractivity contribution < 1.29 is 13.9 Å². The zero-order valence-electron chi connectivity index (χ0n) is 14.2. The lowest BCUT2D eigenvalue weighted by Crippen LogP contribution is -2.10. The molecule has 0 unspecified atom stereocenters. The number of carbonyl (C=O) groups is 1. The second kappa shape index (κ2) is 6.36. The summed E-state index contributed by atoms with van der Waals surface area (Å²) >= 11 is 0. The summed E-state index contributed by atoms with van der Waals surface area (Å²) in [7, 11) is 0. The van der Waals surface area contributed by atoms with E-state index in [1.807, 2.05) is 6.92 Å². The average Bonchev–Trinajstić information content (AvgIpc) is 2.92. The fraction of sp³-hybridized carbons (Fsp3) is 0.286. The molecule has 4 heteroatoms. The molecule has 128 valence electrons. The van der Waals surface area contributed by atoms with E-state index in [1.54, 1.807) is 12.1 Å². The maximum atomic E-state index is 13.4. The third-order valence-electron chi connectivity index (χ3n) is 4.84. The number of ether oxygens (including phenoxy) is 1. The molecule has 0 fully saturated rings. The van der Waals surface area contributed by atoms with E-state index in [1.165, 1.54) is 23.2 Å². The van der Waals surface area contributed by atoms with Gasteiger partial charge in [0.1, 0.15) is 5.82 Å². The Balaban J connectivity index is 1.97. The van der Waals surface area contributed by atoms with Crippen LogP contribution in [0.2, 0.25) is 0 Å². The number of halogens is 1. The summed E-state index contributed by atoms with van der Waals surface area (Å²) in [5.41, 5.74) is 5.43. The lowest BCUT2D eigenvalue weighted by atomic mass is 10.0. The molecular weight excluding hydrogens is 317 g/mol. The summed E-state index contributed by atoms with van der Waals surface area (Å²) in [6, 6.07) is 12.8. The number of hydrogen-bond acceptors (Lipinski definition) is 2. The molecule has 0 saturated heterocycles. The first-order valence-electron chi connectivity index (χ1n) is 8.73. The maximum Gasteiger partial charge on any atom is 0.310 e. The highest BCUT2D eigenvalue weighted by Gasteiger charge is 2.24. The van der Waals surface area contributed by atoms with Crippen LogP contribution < -0.4 is 0 Å². The Hall–Kier alpha value is -2.62. The van der Waals surface area contributed by atoms with Crippen molar-refractivity contribution in [3.8, 4) is 11.3 Å². The molecule has 0 amide bonds. The largest absolute Gasteiger partial charge is 0.466 e. The standard InChI is InChI=1S/C21H20FNO2/c1-2-25-19(24)13-18-17-7-3-5-14-6-4-12-23(20(14)17)21(18)15-8-10-16(22)11-9-15/h3,5,7-11H,2,4,6,12-13H2,1H3. The quantitative estimate of drug-likeness (QED) is 0.657.